The predicted molar refractivity (Wildman–Crippen MR) is 65.6 cm³/mol. The standard InChI is InChI=1S/C14H19NO2/c1-11-2-3-12-9-16-14(4-6-15-7-5-14)17-10-13(12)8-11/h2-3,8,15H,4-7,9-10H2,1H3. The van der Waals surface area contributed by atoms with Crippen LogP contribution in [0.2, 0.25) is 0 Å². The number of hydrogen-bond acceptors (Lipinski definition) is 3. The van der Waals surface area contributed by atoms with Crippen LogP contribution < -0.4 is 5.32 Å². The summed E-state index contributed by atoms with van der Waals surface area (Å²) in [5.74, 6) is -0.349. The lowest BCUT2D eigenvalue weighted by Gasteiger charge is -2.35. The highest BCUT2D eigenvalue weighted by molar-refractivity contribution is 5.31. The highest BCUT2D eigenvalue weighted by Crippen LogP contribution is 2.31. The first kappa shape index (κ1) is 11.2. The number of rotatable bonds is 0. The van der Waals surface area contributed by atoms with Crippen LogP contribution in [0.1, 0.15) is 29.5 Å². The summed E-state index contributed by atoms with van der Waals surface area (Å²) in [6.07, 6.45) is 1.89. The lowest BCUT2D eigenvalue weighted by molar-refractivity contribution is -0.255. The topological polar surface area (TPSA) is 30.5 Å². The van der Waals surface area contributed by atoms with E-state index in [1.807, 2.05) is 0 Å². The maximum atomic E-state index is 6.05. The Morgan fingerprint density at radius 3 is 2.53 bits per heavy atom. The molecule has 0 amide bonds. The van der Waals surface area contributed by atoms with E-state index in [2.05, 4.69) is 30.4 Å². The third kappa shape index (κ3) is 2.23. The Morgan fingerprint density at radius 1 is 1.06 bits per heavy atom. The second-order valence-electron chi connectivity index (χ2n) is 5.01. The Bertz CT molecular complexity index is 411. The molecule has 17 heavy (non-hydrogen) atoms. The Kier molecular flexibility index (Phi) is 2.90. The van der Waals surface area contributed by atoms with Gasteiger partial charge >= 0.3 is 0 Å². The first-order valence-electron chi connectivity index (χ1n) is 6.34. The van der Waals surface area contributed by atoms with Crippen molar-refractivity contribution in [2.45, 2.75) is 38.8 Å². The van der Waals surface area contributed by atoms with Gasteiger partial charge in [0, 0.05) is 25.9 Å². The molecule has 0 saturated carbocycles. The summed E-state index contributed by atoms with van der Waals surface area (Å²) in [4.78, 5) is 0. The van der Waals surface area contributed by atoms with E-state index in [-0.39, 0.29) is 5.79 Å². The first-order chi connectivity index (χ1) is 8.27. The summed E-state index contributed by atoms with van der Waals surface area (Å²) < 4.78 is 12.1. The molecule has 3 nitrogen and oxygen atoms in total. The van der Waals surface area contributed by atoms with Crippen molar-refractivity contribution in [2.24, 2.45) is 0 Å². The van der Waals surface area contributed by atoms with Crippen LogP contribution >= 0.6 is 0 Å². The quantitative estimate of drug-likeness (QED) is 0.744. The van der Waals surface area contributed by atoms with Gasteiger partial charge in [-0.1, -0.05) is 23.8 Å². The van der Waals surface area contributed by atoms with Crippen LogP contribution in [0.4, 0.5) is 0 Å². The highest BCUT2D eigenvalue weighted by Gasteiger charge is 2.35. The largest absolute Gasteiger partial charge is 0.345 e. The van der Waals surface area contributed by atoms with Gasteiger partial charge in [0.15, 0.2) is 5.79 Å². The van der Waals surface area contributed by atoms with Gasteiger partial charge in [0.05, 0.1) is 13.2 Å². The normalized spacial score (nSPS) is 23.1. The second-order valence-corrected chi connectivity index (χ2v) is 5.01. The molecule has 2 heterocycles. The van der Waals surface area contributed by atoms with Crippen LogP contribution in [0.15, 0.2) is 18.2 Å². The Balaban J connectivity index is 1.82. The summed E-state index contributed by atoms with van der Waals surface area (Å²) >= 11 is 0. The average Bonchev–Trinajstić information content (AvgIpc) is 2.52. The van der Waals surface area contributed by atoms with E-state index >= 15 is 0 Å². The van der Waals surface area contributed by atoms with E-state index in [4.69, 9.17) is 9.47 Å². The van der Waals surface area contributed by atoms with Crippen LogP contribution in [0.3, 0.4) is 0 Å². The number of hydrogen-bond donors (Lipinski definition) is 1. The molecule has 0 bridgehead atoms. The number of ether oxygens (including phenoxy) is 2. The second kappa shape index (κ2) is 4.41. The first-order valence-corrected chi connectivity index (χ1v) is 6.34. The van der Waals surface area contributed by atoms with E-state index < -0.39 is 0 Å². The molecule has 1 fully saturated rings. The minimum atomic E-state index is -0.349. The highest BCUT2D eigenvalue weighted by atomic mass is 16.7. The van der Waals surface area contributed by atoms with Crippen molar-refractivity contribution in [3.05, 3.63) is 34.9 Å². The smallest absolute Gasteiger partial charge is 0.171 e. The fourth-order valence-electron chi connectivity index (χ4n) is 2.59. The minimum Gasteiger partial charge on any atom is -0.345 e. The van der Waals surface area contributed by atoms with Crippen LogP contribution in [0.25, 0.3) is 0 Å². The van der Waals surface area contributed by atoms with Crippen LogP contribution in [0, 0.1) is 6.92 Å². The summed E-state index contributed by atoms with van der Waals surface area (Å²) in [5.41, 5.74) is 3.83. The molecule has 2 aliphatic heterocycles. The molecule has 1 saturated heterocycles. The van der Waals surface area contributed by atoms with Gasteiger partial charge in [-0.2, -0.15) is 0 Å². The Hall–Kier alpha value is -0.900. The molecule has 0 aromatic heterocycles. The predicted octanol–water partition coefficient (Wildman–Crippen LogP) is 2.12. The zero-order valence-electron chi connectivity index (χ0n) is 10.3. The SMILES string of the molecule is Cc1ccc2c(c1)COC1(CCNCC1)OC2. The Labute approximate surface area is 102 Å². The number of fused-ring (bicyclic) bond motifs is 1. The lowest BCUT2D eigenvalue weighted by Crippen LogP contribution is -2.45. The Morgan fingerprint density at radius 2 is 1.76 bits per heavy atom. The van der Waals surface area contributed by atoms with Crippen molar-refractivity contribution in [3.8, 4) is 0 Å². The minimum absolute atomic E-state index is 0.349. The molecule has 1 aromatic rings. The zero-order chi connectivity index (χ0) is 11.7. The molecule has 92 valence electrons. The zero-order valence-corrected chi connectivity index (χ0v) is 10.3. The molecule has 1 N–H and O–H groups in total. The fraction of sp³-hybridized carbons (Fsp3) is 0.571. The number of benzene rings is 1. The molecule has 0 atom stereocenters. The molecular weight excluding hydrogens is 214 g/mol. The van der Waals surface area contributed by atoms with Crippen molar-refractivity contribution in [1.29, 1.82) is 0 Å². The molecule has 0 unspecified atom stereocenters. The molecule has 3 rings (SSSR count). The summed E-state index contributed by atoms with van der Waals surface area (Å²) in [6.45, 7) is 5.43. The van der Waals surface area contributed by atoms with Gasteiger partial charge in [0.1, 0.15) is 0 Å². The number of nitrogens with one attached hydrogen (secondary N) is 1. The van der Waals surface area contributed by atoms with Gasteiger partial charge in [-0.15, -0.1) is 0 Å². The van der Waals surface area contributed by atoms with Crippen molar-refractivity contribution in [2.75, 3.05) is 13.1 Å². The molecule has 1 spiro atoms. The van der Waals surface area contributed by atoms with Gasteiger partial charge in [0.2, 0.25) is 0 Å². The van der Waals surface area contributed by atoms with Crippen LogP contribution in [-0.4, -0.2) is 18.9 Å². The van der Waals surface area contributed by atoms with Crippen molar-refractivity contribution < 1.29 is 9.47 Å². The van der Waals surface area contributed by atoms with Crippen LogP contribution in [0.5, 0.6) is 0 Å². The summed E-state index contributed by atoms with van der Waals surface area (Å²) in [5, 5.41) is 3.35. The lowest BCUT2D eigenvalue weighted by atomic mass is 10.1. The molecule has 1 aromatic carbocycles. The van der Waals surface area contributed by atoms with E-state index in [1.54, 1.807) is 0 Å². The maximum Gasteiger partial charge on any atom is 0.171 e. The van der Waals surface area contributed by atoms with Crippen molar-refractivity contribution in [3.63, 3.8) is 0 Å². The van der Waals surface area contributed by atoms with Gasteiger partial charge < -0.3 is 14.8 Å². The van der Waals surface area contributed by atoms with E-state index in [0.717, 1.165) is 25.9 Å². The molecule has 3 heteroatoms. The monoisotopic (exact) mass is 233 g/mol. The van der Waals surface area contributed by atoms with Gasteiger partial charge in [-0.3, -0.25) is 0 Å². The van der Waals surface area contributed by atoms with Crippen molar-refractivity contribution >= 4 is 0 Å². The van der Waals surface area contributed by atoms with Crippen LogP contribution in [-0.2, 0) is 22.7 Å². The van der Waals surface area contributed by atoms with Gasteiger partial charge in [-0.05, 0) is 18.1 Å². The fourth-order valence-corrected chi connectivity index (χ4v) is 2.59. The average molecular weight is 233 g/mol. The summed E-state index contributed by atoms with van der Waals surface area (Å²) in [7, 11) is 0. The third-order valence-electron chi connectivity index (χ3n) is 3.71. The molecule has 0 aliphatic carbocycles. The maximum absolute atomic E-state index is 6.05. The molecule has 2 aliphatic rings. The number of aryl methyl sites for hydroxylation is 1. The van der Waals surface area contributed by atoms with Crippen molar-refractivity contribution in [1.82, 2.24) is 5.32 Å². The van der Waals surface area contributed by atoms with E-state index in [1.165, 1.54) is 16.7 Å². The van der Waals surface area contributed by atoms with Gasteiger partial charge in [0.25, 0.3) is 0 Å². The third-order valence-corrected chi connectivity index (χ3v) is 3.71. The molecule has 0 radical (unpaired) electrons. The summed E-state index contributed by atoms with van der Waals surface area (Å²) in [6, 6.07) is 6.51. The molecular formula is C14H19NO2. The number of piperidine rings is 1. The van der Waals surface area contributed by atoms with E-state index in [0.29, 0.717) is 13.2 Å². The van der Waals surface area contributed by atoms with E-state index in [9.17, 15) is 0 Å². The van der Waals surface area contributed by atoms with Gasteiger partial charge in [-0.25, -0.2) is 0 Å².